The van der Waals surface area contributed by atoms with Gasteiger partial charge in [0.1, 0.15) is 6.04 Å². The molecule has 0 aliphatic carbocycles. The summed E-state index contributed by atoms with van der Waals surface area (Å²) in [6.45, 7) is 1.67. The average Bonchev–Trinajstić information content (AvgIpc) is 2.43. The van der Waals surface area contributed by atoms with E-state index in [2.05, 4.69) is 0 Å². The number of amides is 2. The highest BCUT2D eigenvalue weighted by molar-refractivity contribution is 6.05. The molecule has 106 valence electrons. The quantitative estimate of drug-likeness (QED) is 0.820. The predicted molar refractivity (Wildman–Crippen MR) is 72.2 cm³/mol. The van der Waals surface area contributed by atoms with Crippen LogP contribution in [0, 0.1) is 0 Å². The molecule has 0 radical (unpaired) electrons. The standard InChI is InChI=1S/C14H16N2O4/c1-2-11(14(19)20)16-12(17)8-15(9-13(16)18)10-6-4-3-5-7-10/h3-7,11H,2,8-9H2,1H3,(H,19,20). The van der Waals surface area contributed by atoms with Crippen LogP contribution in [0.4, 0.5) is 5.69 Å². The third kappa shape index (κ3) is 2.64. The Morgan fingerprint density at radius 3 is 2.20 bits per heavy atom. The molecule has 2 amide bonds. The fraction of sp³-hybridized carbons (Fsp3) is 0.357. The van der Waals surface area contributed by atoms with Crippen molar-refractivity contribution in [2.45, 2.75) is 19.4 Å². The number of carboxylic acid groups (broad SMARTS) is 1. The first-order valence-electron chi connectivity index (χ1n) is 6.42. The van der Waals surface area contributed by atoms with Crippen LogP contribution in [-0.4, -0.2) is 46.9 Å². The number of hydrogen-bond donors (Lipinski definition) is 1. The van der Waals surface area contributed by atoms with E-state index in [1.54, 1.807) is 11.8 Å². The molecule has 0 saturated carbocycles. The first-order valence-corrected chi connectivity index (χ1v) is 6.42. The highest BCUT2D eigenvalue weighted by atomic mass is 16.4. The lowest BCUT2D eigenvalue weighted by Gasteiger charge is -2.36. The predicted octanol–water partition coefficient (Wildman–Crippen LogP) is 0.725. The summed E-state index contributed by atoms with van der Waals surface area (Å²) >= 11 is 0. The Bertz CT molecular complexity index is 511. The second kappa shape index (κ2) is 5.73. The Labute approximate surface area is 116 Å². The number of nitrogens with zero attached hydrogens (tertiary/aromatic N) is 2. The van der Waals surface area contributed by atoms with Crippen molar-refractivity contribution in [2.75, 3.05) is 18.0 Å². The van der Waals surface area contributed by atoms with Gasteiger partial charge in [-0.3, -0.25) is 14.5 Å². The van der Waals surface area contributed by atoms with Crippen molar-refractivity contribution < 1.29 is 19.5 Å². The van der Waals surface area contributed by atoms with Gasteiger partial charge in [-0.2, -0.15) is 0 Å². The van der Waals surface area contributed by atoms with Crippen LogP contribution in [0.1, 0.15) is 13.3 Å². The summed E-state index contributed by atoms with van der Waals surface area (Å²) < 4.78 is 0. The molecule has 1 N–H and O–H groups in total. The van der Waals surface area contributed by atoms with Crippen LogP contribution in [0.15, 0.2) is 30.3 Å². The summed E-state index contributed by atoms with van der Waals surface area (Å²) in [5.74, 6) is -2.10. The van der Waals surface area contributed by atoms with Crippen molar-refractivity contribution >= 4 is 23.5 Å². The minimum Gasteiger partial charge on any atom is -0.480 e. The van der Waals surface area contributed by atoms with Gasteiger partial charge in [0.2, 0.25) is 11.8 Å². The number of carbonyl (C=O) groups excluding carboxylic acids is 2. The first kappa shape index (κ1) is 14.0. The van der Waals surface area contributed by atoms with Gasteiger partial charge < -0.3 is 10.0 Å². The molecule has 0 spiro atoms. The number of benzene rings is 1. The van der Waals surface area contributed by atoms with E-state index in [-0.39, 0.29) is 19.5 Å². The molecule has 1 aromatic rings. The maximum atomic E-state index is 12.1. The Morgan fingerprint density at radius 1 is 1.20 bits per heavy atom. The molecule has 1 aromatic carbocycles. The number of imide groups is 1. The van der Waals surface area contributed by atoms with Gasteiger partial charge in [-0.25, -0.2) is 4.79 Å². The molecule has 1 atom stereocenters. The van der Waals surface area contributed by atoms with Gasteiger partial charge in [-0.15, -0.1) is 0 Å². The molecule has 20 heavy (non-hydrogen) atoms. The fourth-order valence-electron chi connectivity index (χ4n) is 2.31. The summed E-state index contributed by atoms with van der Waals surface area (Å²) in [6, 6.07) is 8.04. The average molecular weight is 276 g/mol. The number of carboxylic acids is 1. The van der Waals surface area contributed by atoms with Gasteiger partial charge in [0.25, 0.3) is 0 Å². The van der Waals surface area contributed by atoms with Crippen LogP contribution < -0.4 is 4.90 Å². The monoisotopic (exact) mass is 276 g/mol. The number of piperazine rings is 1. The van der Waals surface area contributed by atoms with Crippen molar-refractivity contribution in [1.29, 1.82) is 0 Å². The smallest absolute Gasteiger partial charge is 0.326 e. The number of rotatable bonds is 4. The van der Waals surface area contributed by atoms with E-state index in [4.69, 9.17) is 5.11 Å². The van der Waals surface area contributed by atoms with Gasteiger partial charge >= 0.3 is 5.97 Å². The molecular weight excluding hydrogens is 260 g/mol. The van der Waals surface area contributed by atoms with E-state index in [0.29, 0.717) is 0 Å². The number of anilines is 1. The zero-order valence-corrected chi connectivity index (χ0v) is 11.2. The first-order chi connectivity index (χ1) is 9.54. The zero-order chi connectivity index (χ0) is 14.7. The summed E-state index contributed by atoms with van der Waals surface area (Å²) in [4.78, 5) is 37.8. The van der Waals surface area contributed by atoms with E-state index >= 15 is 0 Å². The van der Waals surface area contributed by atoms with Crippen molar-refractivity contribution in [3.8, 4) is 0 Å². The molecule has 0 bridgehead atoms. The lowest BCUT2D eigenvalue weighted by molar-refractivity contribution is -0.158. The minimum absolute atomic E-state index is 0.0134. The Morgan fingerprint density at radius 2 is 1.75 bits per heavy atom. The molecule has 1 aliphatic rings. The lowest BCUT2D eigenvalue weighted by atomic mass is 10.1. The topological polar surface area (TPSA) is 77.9 Å². The summed E-state index contributed by atoms with van der Waals surface area (Å²) in [6.07, 6.45) is 0.206. The second-order valence-corrected chi connectivity index (χ2v) is 4.61. The van der Waals surface area contributed by atoms with E-state index in [1.165, 1.54) is 0 Å². The molecule has 6 nitrogen and oxygen atoms in total. The fourth-order valence-corrected chi connectivity index (χ4v) is 2.31. The number of para-hydroxylation sites is 1. The largest absolute Gasteiger partial charge is 0.480 e. The summed E-state index contributed by atoms with van der Waals surface area (Å²) in [7, 11) is 0. The Kier molecular flexibility index (Phi) is 4.02. The lowest BCUT2D eigenvalue weighted by Crippen LogP contribution is -2.59. The molecular formula is C14H16N2O4. The van der Waals surface area contributed by atoms with Crippen LogP contribution in [0.25, 0.3) is 0 Å². The maximum absolute atomic E-state index is 12.1. The van der Waals surface area contributed by atoms with Crippen molar-refractivity contribution in [1.82, 2.24) is 4.90 Å². The highest BCUT2D eigenvalue weighted by Crippen LogP contribution is 2.19. The second-order valence-electron chi connectivity index (χ2n) is 4.61. The SMILES string of the molecule is CCC(C(=O)O)N1C(=O)CN(c2ccccc2)CC1=O. The molecule has 6 heteroatoms. The molecule has 1 aliphatic heterocycles. The van der Waals surface area contributed by atoms with E-state index in [1.807, 2.05) is 30.3 Å². The number of aliphatic carboxylic acids is 1. The van der Waals surface area contributed by atoms with Crippen LogP contribution in [-0.2, 0) is 14.4 Å². The van der Waals surface area contributed by atoms with Gasteiger partial charge in [-0.1, -0.05) is 25.1 Å². The molecule has 1 unspecified atom stereocenters. The molecule has 1 fully saturated rings. The van der Waals surface area contributed by atoms with Gasteiger partial charge in [-0.05, 0) is 18.6 Å². The molecule has 2 rings (SSSR count). The number of hydrogen-bond acceptors (Lipinski definition) is 4. The van der Waals surface area contributed by atoms with E-state index in [0.717, 1.165) is 10.6 Å². The minimum atomic E-state index is -1.15. The van der Waals surface area contributed by atoms with Gasteiger partial charge in [0, 0.05) is 5.69 Å². The molecule has 0 aromatic heterocycles. The van der Waals surface area contributed by atoms with Crippen molar-refractivity contribution in [3.05, 3.63) is 30.3 Å². The highest BCUT2D eigenvalue weighted by Gasteiger charge is 2.38. The summed E-state index contributed by atoms with van der Waals surface area (Å²) in [5.41, 5.74) is 0.775. The maximum Gasteiger partial charge on any atom is 0.326 e. The molecule has 1 saturated heterocycles. The molecule has 1 heterocycles. The van der Waals surface area contributed by atoms with E-state index < -0.39 is 23.8 Å². The third-order valence-corrected chi connectivity index (χ3v) is 3.29. The number of carbonyl (C=O) groups is 3. The Hall–Kier alpha value is -2.37. The third-order valence-electron chi connectivity index (χ3n) is 3.29. The van der Waals surface area contributed by atoms with Crippen LogP contribution in [0.3, 0.4) is 0 Å². The van der Waals surface area contributed by atoms with Crippen molar-refractivity contribution in [3.63, 3.8) is 0 Å². The van der Waals surface area contributed by atoms with Gasteiger partial charge in [0.15, 0.2) is 0 Å². The van der Waals surface area contributed by atoms with Gasteiger partial charge in [0.05, 0.1) is 13.1 Å². The van der Waals surface area contributed by atoms with Crippen LogP contribution in [0.5, 0.6) is 0 Å². The van der Waals surface area contributed by atoms with E-state index in [9.17, 15) is 14.4 Å². The van der Waals surface area contributed by atoms with Crippen molar-refractivity contribution in [2.24, 2.45) is 0 Å². The van der Waals surface area contributed by atoms with Crippen LogP contribution in [0.2, 0.25) is 0 Å². The zero-order valence-electron chi connectivity index (χ0n) is 11.2. The Balaban J connectivity index is 2.19. The normalized spacial score (nSPS) is 17.2. The van der Waals surface area contributed by atoms with Crippen LogP contribution >= 0.6 is 0 Å². The summed E-state index contributed by atoms with van der Waals surface area (Å²) in [5, 5.41) is 9.08.